The molecule has 6 nitrogen and oxygen atoms in total. The molecule has 2 heterocycles. The van der Waals surface area contributed by atoms with Crippen LogP contribution in [0.4, 0.5) is 0 Å². The average molecular weight is 378 g/mol. The van der Waals surface area contributed by atoms with Crippen molar-refractivity contribution in [1.82, 2.24) is 9.21 Å². The molecule has 26 heavy (non-hydrogen) atoms. The molecule has 1 aromatic carbocycles. The van der Waals surface area contributed by atoms with Crippen molar-refractivity contribution in [3.05, 3.63) is 41.5 Å². The first-order chi connectivity index (χ1) is 12.4. The number of likely N-dealkylation sites (tertiary alicyclic amines) is 1. The summed E-state index contributed by atoms with van der Waals surface area (Å²) in [5.74, 6) is -0.141. The molecule has 0 unspecified atom stereocenters. The van der Waals surface area contributed by atoms with Crippen LogP contribution >= 0.6 is 0 Å². The third-order valence-corrected chi connectivity index (χ3v) is 6.98. The maximum absolute atomic E-state index is 12.9. The molecule has 0 radical (unpaired) electrons. The van der Waals surface area contributed by atoms with Crippen molar-refractivity contribution in [2.75, 3.05) is 33.3 Å². The van der Waals surface area contributed by atoms with Gasteiger partial charge in [-0.05, 0) is 44.4 Å². The summed E-state index contributed by atoms with van der Waals surface area (Å²) in [6.45, 7) is 4.09. The van der Waals surface area contributed by atoms with E-state index in [1.807, 2.05) is 13.0 Å². The SMILES string of the molecule is CO[C@@H]1CCCN(C(=O)c2cccc(S(=O)(=O)N3CC=C(C)CC3)c2)C1. The quantitative estimate of drug-likeness (QED) is 0.754. The van der Waals surface area contributed by atoms with Gasteiger partial charge in [0.1, 0.15) is 0 Å². The van der Waals surface area contributed by atoms with Crippen LogP contribution in [0, 0.1) is 0 Å². The number of nitrogens with zero attached hydrogens (tertiary/aromatic N) is 2. The number of piperidine rings is 1. The number of methoxy groups -OCH3 is 1. The molecule has 0 saturated carbocycles. The molecule has 0 aliphatic carbocycles. The number of amides is 1. The second-order valence-corrected chi connectivity index (χ2v) is 8.88. The molecule has 0 aromatic heterocycles. The van der Waals surface area contributed by atoms with E-state index in [1.54, 1.807) is 30.2 Å². The molecular formula is C19H26N2O4S. The predicted octanol–water partition coefficient (Wildman–Crippen LogP) is 2.28. The summed E-state index contributed by atoms with van der Waals surface area (Å²) in [4.78, 5) is 14.7. The Morgan fingerprint density at radius 1 is 1.27 bits per heavy atom. The zero-order chi connectivity index (χ0) is 18.7. The van der Waals surface area contributed by atoms with Gasteiger partial charge in [0.25, 0.3) is 5.91 Å². The lowest BCUT2D eigenvalue weighted by Crippen LogP contribution is -2.43. The van der Waals surface area contributed by atoms with Crippen molar-refractivity contribution in [3.63, 3.8) is 0 Å². The van der Waals surface area contributed by atoms with E-state index in [9.17, 15) is 13.2 Å². The molecule has 1 amide bonds. The number of rotatable bonds is 4. The van der Waals surface area contributed by atoms with Gasteiger partial charge in [-0.15, -0.1) is 0 Å². The second-order valence-electron chi connectivity index (χ2n) is 6.94. The van der Waals surface area contributed by atoms with Crippen LogP contribution < -0.4 is 0 Å². The summed E-state index contributed by atoms with van der Waals surface area (Å²) in [6, 6.07) is 6.38. The van der Waals surface area contributed by atoms with E-state index in [0.717, 1.165) is 19.3 Å². The van der Waals surface area contributed by atoms with Crippen LogP contribution in [0.15, 0.2) is 40.8 Å². The highest BCUT2D eigenvalue weighted by Crippen LogP contribution is 2.22. The van der Waals surface area contributed by atoms with E-state index in [4.69, 9.17) is 4.74 Å². The van der Waals surface area contributed by atoms with Gasteiger partial charge in [-0.1, -0.05) is 17.7 Å². The molecule has 0 bridgehead atoms. The van der Waals surface area contributed by atoms with E-state index < -0.39 is 10.0 Å². The summed E-state index contributed by atoms with van der Waals surface area (Å²) in [7, 11) is -1.94. The molecular weight excluding hydrogens is 352 g/mol. The van der Waals surface area contributed by atoms with Crippen LogP contribution in [-0.4, -0.2) is 62.9 Å². The standard InChI is InChI=1S/C19H26N2O4S/c1-15-8-11-21(12-9-15)26(23,24)18-7-3-5-16(13-18)19(22)20-10-4-6-17(14-20)25-2/h3,5,7-8,13,17H,4,6,9-12,14H2,1-2H3/t17-/m1/s1. The molecule has 7 heteroatoms. The Labute approximate surface area is 155 Å². The fraction of sp³-hybridized carbons (Fsp3) is 0.526. The first-order valence-corrected chi connectivity index (χ1v) is 10.4. The van der Waals surface area contributed by atoms with E-state index >= 15 is 0 Å². The van der Waals surface area contributed by atoms with Crippen LogP contribution in [0.25, 0.3) is 0 Å². The molecule has 1 atom stereocenters. The lowest BCUT2D eigenvalue weighted by Gasteiger charge is -2.32. The molecule has 3 rings (SSSR count). The van der Waals surface area contributed by atoms with Gasteiger partial charge in [-0.2, -0.15) is 4.31 Å². The minimum Gasteiger partial charge on any atom is -0.380 e. The van der Waals surface area contributed by atoms with Gasteiger partial charge in [-0.25, -0.2) is 8.42 Å². The number of sulfonamides is 1. The fourth-order valence-corrected chi connectivity index (χ4v) is 4.83. The fourth-order valence-electron chi connectivity index (χ4n) is 3.41. The number of benzene rings is 1. The molecule has 2 aliphatic heterocycles. The largest absolute Gasteiger partial charge is 0.380 e. The minimum absolute atomic E-state index is 0.0444. The third kappa shape index (κ3) is 4.00. The Balaban J connectivity index is 1.80. The van der Waals surface area contributed by atoms with Crippen molar-refractivity contribution in [3.8, 4) is 0 Å². The van der Waals surface area contributed by atoms with Crippen molar-refractivity contribution < 1.29 is 17.9 Å². The first kappa shape index (κ1) is 19.1. The molecule has 0 spiro atoms. The van der Waals surface area contributed by atoms with Gasteiger partial charge >= 0.3 is 0 Å². The van der Waals surface area contributed by atoms with Crippen LogP contribution in [0.2, 0.25) is 0 Å². The monoisotopic (exact) mass is 378 g/mol. The number of carbonyl (C=O) groups excluding carboxylic acids is 1. The molecule has 2 aliphatic rings. The molecule has 0 N–H and O–H groups in total. The third-order valence-electron chi connectivity index (χ3n) is 5.12. The van der Waals surface area contributed by atoms with Gasteiger partial charge in [0.05, 0.1) is 11.0 Å². The van der Waals surface area contributed by atoms with Gasteiger partial charge in [-0.3, -0.25) is 4.79 Å². The van der Waals surface area contributed by atoms with Gasteiger partial charge in [0, 0.05) is 38.9 Å². The Hall–Kier alpha value is -1.70. The minimum atomic E-state index is -3.59. The van der Waals surface area contributed by atoms with Crippen molar-refractivity contribution >= 4 is 15.9 Å². The van der Waals surface area contributed by atoms with Crippen LogP contribution in [-0.2, 0) is 14.8 Å². The van der Waals surface area contributed by atoms with Crippen molar-refractivity contribution in [2.45, 2.75) is 37.2 Å². The Morgan fingerprint density at radius 3 is 2.77 bits per heavy atom. The number of hydrogen-bond donors (Lipinski definition) is 0. The molecule has 1 aromatic rings. The topological polar surface area (TPSA) is 66.9 Å². The van der Waals surface area contributed by atoms with Crippen molar-refractivity contribution in [2.24, 2.45) is 0 Å². The molecule has 1 fully saturated rings. The summed E-state index contributed by atoms with van der Waals surface area (Å²) >= 11 is 0. The molecule has 1 saturated heterocycles. The normalized spacial score (nSPS) is 22.2. The second kappa shape index (κ2) is 7.90. The van der Waals surface area contributed by atoms with E-state index in [1.165, 1.54) is 15.9 Å². The summed E-state index contributed by atoms with van der Waals surface area (Å²) in [5, 5.41) is 0. The van der Waals surface area contributed by atoms with Gasteiger partial charge < -0.3 is 9.64 Å². The van der Waals surface area contributed by atoms with Gasteiger partial charge in [0.2, 0.25) is 10.0 Å². The lowest BCUT2D eigenvalue weighted by atomic mass is 10.1. The highest BCUT2D eigenvalue weighted by molar-refractivity contribution is 7.89. The average Bonchev–Trinajstić information content (AvgIpc) is 2.68. The highest BCUT2D eigenvalue weighted by atomic mass is 32.2. The van der Waals surface area contributed by atoms with Crippen LogP contribution in [0.1, 0.15) is 36.5 Å². The van der Waals surface area contributed by atoms with Crippen LogP contribution in [0.3, 0.4) is 0 Å². The Bertz CT molecular complexity index is 804. The summed E-state index contributed by atoms with van der Waals surface area (Å²) in [6.07, 6.45) is 4.56. The smallest absolute Gasteiger partial charge is 0.253 e. The number of ether oxygens (including phenoxy) is 1. The molecule has 142 valence electrons. The maximum Gasteiger partial charge on any atom is 0.253 e. The van der Waals surface area contributed by atoms with E-state index in [2.05, 4.69) is 0 Å². The summed E-state index contributed by atoms with van der Waals surface area (Å²) in [5.41, 5.74) is 1.62. The number of carbonyl (C=O) groups is 1. The van der Waals surface area contributed by atoms with Gasteiger partial charge in [0.15, 0.2) is 0 Å². The number of hydrogen-bond acceptors (Lipinski definition) is 4. The van der Waals surface area contributed by atoms with Crippen LogP contribution in [0.5, 0.6) is 0 Å². The lowest BCUT2D eigenvalue weighted by molar-refractivity contribution is 0.0269. The first-order valence-electron chi connectivity index (χ1n) is 8.99. The van der Waals surface area contributed by atoms with E-state index in [-0.39, 0.29) is 16.9 Å². The van der Waals surface area contributed by atoms with Crippen molar-refractivity contribution in [1.29, 1.82) is 0 Å². The maximum atomic E-state index is 12.9. The zero-order valence-corrected chi connectivity index (χ0v) is 16.2. The highest BCUT2D eigenvalue weighted by Gasteiger charge is 2.28. The Kier molecular flexibility index (Phi) is 5.79. The summed E-state index contributed by atoms with van der Waals surface area (Å²) < 4.78 is 32.6. The predicted molar refractivity (Wildman–Crippen MR) is 99.5 cm³/mol. The van der Waals surface area contributed by atoms with E-state index in [0.29, 0.717) is 31.7 Å². The zero-order valence-electron chi connectivity index (χ0n) is 15.3. The Morgan fingerprint density at radius 2 is 2.08 bits per heavy atom.